The molecule has 20 heavy (non-hydrogen) atoms. The summed E-state index contributed by atoms with van der Waals surface area (Å²) in [5.41, 5.74) is 0. The average Bonchev–Trinajstić information content (AvgIpc) is 2.24. The molecule has 3 unspecified atom stereocenters. The van der Waals surface area contributed by atoms with Gasteiger partial charge in [0.15, 0.2) is 6.04 Å². The predicted molar refractivity (Wildman–Crippen MR) is 66.0 cm³/mol. The molecule has 0 heterocycles. The summed E-state index contributed by atoms with van der Waals surface area (Å²) in [4.78, 5) is 40.5. The molecule has 0 aliphatic rings. The van der Waals surface area contributed by atoms with Gasteiger partial charge in [0.1, 0.15) is 0 Å². The molecule has 3 atom stereocenters. The first-order valence-corrected chi connectivity index (χ1v) is 5.61. The number of hydrogen-bond donors (Lipinski definition) is 5. The maximum Gasteiger partial charge on any atom is 0.328 e. The van der Waals surface area contributed by atoms with Crippen molar-refractivity contribution in [1.82, 2.24) is 5.32 Å². The van der Waals surface area contributed by atoms with Gasteiger partial charge in [-0.15, -0.1) is 0 Å². The molecular formula is C11H19NO8. The molecule has 9 heteroatoms. The minimum absolute atomic E-state index is 0.310. The lowest BCUT2D eigenvalue weighted by Crippen LogP contribution is -2.46. The number of carbonyl (C=O) groups is 4. The van der Waals surface area contributed by atoms with Gasteiger partial charge in [-0.3, -0.25) is 14.4 Å². The first-order valence-electron chi connectivity index (χ1n) is 5.61. The monoisotopic (exact) mass is 293 g/mol. The van der Waals surface area contributed by atoms with Gasteiger partial charge in [0.2, 0.25) is 5.91 Å². The SMILES string of the molecule is CC(=O)NC(C(=O)O)C(C)O.CC(CC(=O)O)C(=O)O. The molecule has 9 nitrogen and oxygen atoms in total. The number of carboxylic acid groups (broad SMARTS) is 3. The van der Waals surface area contributed by atoms with Crippen molar-refractivity contribution in [3.05, 3.63) is 0 Å². The van der Waals surface area contributed by atoms with E-state index in [0.717, 1.165) is 0 Å². The normalized spacial score (nSPS) is 14.0. The Morgan fingerprint density at radius 3 is 1.55 bits per heavy atom. The van der Waals surface area contributed by atoms with Gasteiger partial charge in [-0.25, -0.2) is 4.79 Å². The van der Waals surface area contributed by atoms with Crippen LogP contribution in [0.25, 0.3) is 0 Å². The van der Waals surface area contributed by atoms with E-state index in [1.807, 2.05) is 0 Å². The topological polar surface area (TPSA) is 161 Å². The average molecular weight is 293 g/mol. The van der Waals surface area contributed by atoms with E-state index in [4.69, 9.17) is 20.4 Å². The molecule has 0 fully saturated rings. The van der Waals surface area contributed by atoms with Gasteiger partial charge in [0.05, 0.1) is 18.4 Å². The number of amides is 1. The van der Waals surface area contributed by atoms with Gasteiger partial charge in [0, 0.05) is 6.92 Å². The highest BCUT2D eigenvalue weighted by atomic mass is 16.4. The number of carbonyl (C=O) groups excluding carboxylic acids is 1. The summed E-state index contributed by atoms with van der Waals surface area (Å²) < 4.78 is 0. The van der Waals surface area contributed by atoms with Crippen molar-refractivity contribution in [3.8, 4) is 0 Å². The maximum atomic E-state index is 10.4. The number of hydrogen-bond acceptors (Lipinski definition) is 5. The van der Waals surface area contributed by atoms with Crippen LogP contribution in [0.2, 0.25) is 0 Å². The van der Waals surface area contributed by atoms with Gasteiger partial charge < -0.3 is 25.7 Å². The number of aliphatic hydroxyl groups excluding tert-OH is 1. The highest BCUT2D eigenvalue weighted by Gasteiger charge is 2.23. The number of rotatable bonds is 6. The fourth-order valence-electron chi connectivity index (χ4n) is 0.957. The Balaban J connectivity index is 0. The fraction of sp³-hybridized carbons (Fsp3) is 0.636. The zero-order valence-electron chi connectivity index (χ0n) is 11.4. The van der Waals surface area contributed by atoms with E-state index in [1.165, 1.54) is 20.8 Å². The number of carboxylic acids is 3. The molecule has 0 radical (unpaired) electrons. The smallest absolute Gasteiger partial charge is 0.328 e. The fourth-order valence-corrected chi connectivity index (χ4v) is 0.957. The highest BCUT2D eigenvalue weighted by Crippen LogP contribution is 1.99. The summed E-state index contributed by atoms with van der Waals surface area (Å²) in [5, 5.41) is 35.6. The van der Waals surface area contributed by atoms with E-state index in [0.29, 0.717) is 0 Å². The van der Waals surface area contributed by atoms with E-state index in [2.05, 4.69) is 5.32 Å². The molecule has 0 aromatic heterocycles. The Hall–Kier alpha value is -2.16. The molecule has 0 aliphatic carbocycles. The van der Waals surface area contributed by atoms with Crippen LogP contribution >= 0.6 is 0 Å². The number of aliphatic hydroxyl groups is 1. The lowest BCUT2D eigenvalue weighted by molar-refractivity contribution is -0.147. The van der Waals surface area contributed by atoms with Crippen LogP contribution in [0.15, 0.2) is 0 Å². The molecule has 0 bridgehead atoms. The first kappa shape index (κ1) is 20.2. The van der Waals surface area contributed by atoms with Crippen molar-refractivity contribution >= 4 is 23.8 Å². The third-order valence-electron chi connectivity index (χ3n) is 2.01. The molecule has 5 N–H and O–H groups in total. The molecule has 0 saturated heterocycles. The van der Waals surface area contributed by atoms with Crippen LogP contribution in [0, 0.1) is 5.92 Å². The van der Waals surface area contributed by atoms with Crippen LogP contribution in [-0.4, -0.2) is 56.4 Å². The largest absolute Gasteiger partial charge is 0.481 e. The van der Waals surface area contributed by atoms with E-state index in [9.17, 15) is 19.2 Å². The molecule has 0 aliphatic heterocycles. The number of aliphatic carboxylic acids is 3. The lowest BCUT2D eigenvalue weighted by atomic mass is 10.1. The Morgan fingerprint density at radius 2 is 1.45 bits per heavy atom. The number of nitrogens with one attached hydrogen (secondary N) is 1. The van der Waals surface area contributed by atoms with E-state index < -0.39 is 41.9 Å². The molecule has 0 saturated carbocycles. The van der Waals surface area contributed by atoms with Crippen molar-refractivity contribution < 1.29 is 39.6 Å². The van der Waals surface area contributed by atoms with Crippen LogP contribution in [0.3, 0.4) is 0 Å². The van der Waals surface area contributed by atoms with Crippen LogP contribution in [0.5, 0.6) is 0 Å². The third-order valence-corrected chi connectivity index (χ3v) is 2.01. The summed E-state index contributed by atoms with van der Waals surface area (Å²) in [5.74, 6) is -4.65. The maximum absolute atomic E-state index is 10.4. The molecule has 1 amide bonds. The second-order valence-corrected chi connectivity index (χ2v) is 4.09. The molecule has 0 aromatic carbocycles. The van der Waals surface area contributed by atoms with Crippen LogP contribution in [0.4, 0.5) is 0 Å². The second-order valence-electron chi connectivity index (χ2n) is 4.09. The molecule has 116 valence electrons. The van der Waals surface area contributed by atoms with E-state index in [1.54, 1.807) is 0 Å². The minimum atomic E-state index is -1.24. The van der Waals surface area contributed by atoms with Gasteiger partial charge in [-0.05, 0) is 6.92 Å². The molecule has 0 rings (SSSR count). The van der Waals surface area contributed by atoms with E-state index >= 15 is 0 Å². The van der Waals surface area contributed by atoms with Crippen molar-refractivity contribution in [2.75, 3.05) is 0 Å². The van der Waals surface area contributed by atoms with Gasteiger partial charge in [-0.1, -0.05) is 6.92 Å². The third kappa shape index (κ3) is 11.0. The van der Waals surface area contributed by atoms with Crippen molar-refractivity contribution in [2.45, 2.75) is 39.3 Å². The summed E-state index contributed by atoms with van der Waals surface area (Å²) in [7, 11) is 0. The van der Waals surface area contributed by atoms with Crippen molar-refractivity contribution in [3.63, 3.8) is 0 Å². The Bertz CT molecular complexity index is 365. The summed E-state index contributed by atoms with van der Waals surface area (Å²) >= 11 is 0. The predicted octanol–water partition coefficient (Wildman–Crippen LogP) is -0.862. The summed E-state index contributed by atoms with van der Waals surface area (Å²) in [6.45, 7) is 3.85. The quantitative estimate of drug-likeness (QED) is 0.422. The van der Waals surface area contributed by atoms with Gasteiger partial charge >= 0.3 is 17.9 Å². The standard InChI is InChI=1S/C6H11NO4.C5H8O4/c1-3(8)5(6(10)11)7-4(2)9;1-3(5(8)9)2-4(6)7/h3,5,8H,1-2H3,(H,7,9)(H,10,11);3H,2H2,1H3,(H,6,7)(H,8,9). The van der Waals surface area contributed by atoms with Crippen LogP contribution < -0.4 is 5.32 Å². The zero-order valence-corrected chi connectivity index (χ0v) is 11.4. The lowest BCUT2D eigenvalue weighted by Gasteiger charge is -2.15. The minimum Gasteiger partial charge on any atom is -0.481 e. The second kappa shape index (κ2) is 9.73. The Morgan fingerprint density at radius 1 is 1.00 bits per heavy atom. The highest BCUT2D eigenvalue weighted by molar-refractivity contribution is 5.82. The van der Waals surface area contributed by atoms with Gasteiger partial charge in [0.25, 0.3) is 0 Å². The molecular weight excluding hydrogens is 274 g/mol. The van der Waals surface area contributed by atoms with E-state index in [-0.39, 0.29) is 6.42 Å². The zero-order chi connectivity index (χ0) is 16.5. The van der Waals surface area contributed by atoms with Crippen LogP contribution in [-0.2, 0) is 19.2 Å². The summed E-state index contributed by atoms with van der Waals surface area (Å²) in [6.07, 6.45) is -1.40. The molecule has 0 spiro atoms. The Kier molecular flexibility index (Phi) is 9.81. The van der Waals surface area contributed by atoms with Crippen LogP contribution in [0.1, 0.15) is 27.2 Å². The Labute approximate surface area is 115 Å². The summed E-state index contributed by atoms with van der Waals surface area (Å²) in [6, 6.07) is -1.22. The van der Waals surface area contributed by atoms with Gasteiger partial charge in [-0.2, -0.15) is 0 Å². The molecule has 0 aromatic rings. The van der Waals surface area contributed by atoms with Crippen molar-refractivity contribution in [1.29, 1.82) is 0 Å². The first-order chi connectivity index (χ1) is 8.98. The van der Waals surface area contributed by atoms with Crippen molar-refractivity contribution in [2.24, 2.45) is 5.92 Å².